The maximum absolute atomic E-state index is 12.1. The van der Waals surface area contributed by atoms with E-state index in [2.05, 4.69) is 26.0 Å². The van der Waals surface area contributed by atoms with Gasteiger partial charge in [-0.25, -0.2) is 4.79 Å². The predicted octanol–water partition coefficient (Wildman–Crippen LogP) is 4.07. The average Bonchev–Trinajstić information content (AvgIpc) is 2.48. The molecule has 0 heterocycles. The molecule has 22 heavy (non-hydrogen) atoms. The third-order valence-corrected chi connectivity index (χ3v) is 3.73. The Morgan fingerprint density at radius 1 is 1.23 bits per heavy atom. The SMILES string of the molecule is COC(=O)c1cc(NC(=O)Cc2cccc(Br)c2)ccc1Cl. The number of carbonyl (C=O) groups is 2. The quantitative estimate of drug-likeness (QED) is 0.811. The molecule has 0 bridgehead atoms. The molecule has 6 heteroatoms. The zero-order valence-electron chi connectivity index (χ0n) is 11.7. The number of carbonyl (C=O) groups excluding carboxylic acids is 2. The van der Waals surface area contributed by atoms with E-state index in [9.17, 15) is 9.59 Å². The topological polar surface area (TPSA) is 55.4 Å². The number of nitrogens with one attached hydrogen (secondary N) is 1. The minimum atomic E-state index is -0.548. The Hall–Kier alpha value is -1.85. The molecule has 0 aromatic heterocycles. The smallest absolute Gasteiger partial charge is 0.339 e. The van der Waals surface area contributed by atoms with Gasteiger partial charge in [-0.1, -0.05) is 39.7 Å². The van der Waals surface area contributed by atoms with Crippen molar-refractivity contribution in [2.75, 3.05) is 12.4 Å². The van der Waals surface area contributed by atoms with Crippen molar-refractivity contribution in [3.05, 3.63) is 63.1 Å². The van der Waals surface area contributed by atoms with Crippen LogP contribution in [0, 0.1) is 0 Å². The summed E-state index contributed by atoms with van der Waals surface area (Å²) in [4.78, 5) is 23.6. The van der Waals surface area contributed by atoms with Crippen LogP contribution in [0.1, 0.15) is 15.9 Å². The molecule has 0 radical (unpaired) electrons. The van der Waals surface area contributed by atoms with Crippen LogP contribution in [0.15, 0.2) is 46.9 Å². The second-order valence-corrected chi connectivity index (χ2v) is 5.86. The minimum Gasteiger partial charge on any atom is -0.465 e. The summed E-state index contributed by atoms with van der Waals surface area (Å²) in [6.07, 6.45) is 0.232. The van der Waals surface area contributed by atoms with Gasteiger partial charge in [0.2, 0.25) is 5.91 Å². The van der Waals surface area contributed by atoms with Gasteiger partial charge in [0.05, 0.1) is 24.1 Å². The molecular formula is C16H13BrClNO3. The number of methoxy groups -OCH3 is 1. The number of anilines is 1. The molecular weight excluding hydrogens is 370 g/mol. The zero-order valence-corrected chi connectivity index (χ0v) is 14.1. The van der Waals surface area contributed by atoms with E-state index in [1.54, 1.807) is 12.1 Å². The lowest BCUT2D eigenvalue weighted by atomic mass is 10.1. The molecule has 0 aliphatic rings. The third-order valence-electron chi connectivity index (χ3n) is 2.91. The first-order chi connectivity index (χ1) is 10.5. The lowest BCUT2D eigenvalue weighted by molar-refractivity contribution is -0.115. The predicted molar refractivity (Wildman–Crippen MR) is 89.3 cm³/mol. The highest BCUT2D eigenvalue weighted by Gasteiger charge is 2.12. The van der Waals surface area contributed by atoms with Crippen molar-refractivity contribution in [1.29, 1.82) is 0 Å². The van der Waals surface area contributed by atoms with Crippen LogP contribution < -0.4 is 5.32 Å². The van der Waals surface area contributed by atoms with Crippen LogP contribution in [0.2, 0.25) is 5.02 Å². The first-order valence-corrected chi connectivity index (χ1v) is 7.59. The number of halogens is 2. The Balaban J connectivity index is 2.10. The van der Waals surface area contributed by atoms with Gasteiger partial charge in [0.1, 0.15) is 0 Å². The third kappa shape index (κ3) is 4.32. The number of rotatable bonds is 4. The van der Waals surface area contributed by atoms with Crippen LogP contribution >= 0.6 is 27.5 Å². The molecule has 2 rings (SSSR count). The van der Waals surface area contributed by atoms with E-state index in [1.165, 1.54) is 13.2 Å². The fraction of sp³-hybridized carbons (Fsp3) is 0.125. The maximum atomic E-state index is 12.1. The Morgan fingerprint density at radius 3 is 2.68 bits per heavy atom. The van der Waals surface area contributed by atoms with Gasteiger partial charge in [0.15, 0.2) is 0 Å². The Morgan fingerprint density at radius 2 is 2.00 bits per heavy atom. The fourth-order valence-corrected chi connectivity index (χ4v) is 2.55. The largest absolute Gasteiger partial charge is 0.465 e. The number of esters is 1. The van der Waals surface area contributed by atoms with Crippen LogP contribution in [-0.4, -0.2) is 19.0 Å². The summed E-state index contributed by atoms with van der Waals surface area (Å²) in [7, 11) is 1.27. The van der Waals surface area contributed by atoms with E-state index in [0.717, 1.165) is 10.0 Å². The molecule has 0 unspecified atom stereocenters. The fourth-order valence-electron chi connectivity index (χ4n) is 1.91. The number of ether oxygens (including phenoxy) is 1. The average molecular weight is 383 g/mol. The number of benzene rings is 2. The number of amides is 1. The van der Waals surface area contributed by atoms with Crippen LogP contribution in [0.5, 0.6) is 0 Å². The second-order valence-electron chi connectivity index (χ2n) is 4.54. The summed E-state index contributed by atoms with van der Waals surface area (Å²) < 4.78 is 5.56. The van der Waals surface area contributed by atoms with E-state index in [0.29, 0.717) is 5.69 Å². The van der Waals surface area contributed by atoms with Gasteiger partial charge in [-0.3, -0.25) is 4.79 Å². The second kappa shape index (κ2) is 7.42. The molecule has 0 spiro atoms. The summed E-state index contributed by atoms with van der Waals surface area (Å²) in [5, 5.41) is 3.01. The van der Waals surface area contributed by atoms with E-state index < -0.39 is 5.97 Å². The Kier molecular flexibility index (Phi) is 5.57. The van der Waals surface area contributed by atoms with Crippen molar-refractivity contribution in [1.82, 2.24) is 0 Å². The van der Waals surface area contributed by atoms with Gasteiger partial charge in [0, 0.05) is 10.2 Å². The highest BCUT2D eigenvalue weighted by Crippen LogP contribution is 2.21. The van der Waals surface area contributed by atoms with Crippen molar-refractivity contribution in [2.24, 2.45) is 0 Å². The summed E-state index contributed by atoms with van der Waals surface area (Å²) in [6.45, 7) is 0. The zero-order chi connectivity index (χ0) is 16.1. The van der Waals surface area contributed by atoms with E-state index in [1.807, 2.05) is 24.3 Å². The number of hydrogen-bond donors (Lipinski definition) is 1. The molecule has 2 aromatic rings. The molecule has 0 saturated carbocycles. The van der Waals surface area contributed by atoms with E-state index in [-0.39, 0.29) is 22.9 Å². The standard InChI is InChI=1S/C16H13BrClNO3/c1-22-16(21)13-9-12(5-6-14(13)18)19-15(20)8-10-3-2-4-11(17)7-10/h2-7,9H,8H2,1H3,(H,19,20). The summed E-state index contributed by atoms with van der Waals surface area (Å²) in [5.74, 6) is -0.732. The molecule has 114 valence electrons. The normalized spacial score (nSPS) is 10.1. The Bertz CT molecular complexity index is 718. The molecule has 4 nitrogen and oxygen atoms in total. The molecule has 1 amide bonds. The molecule has 2 aromatic carbocycles. The first kappa shape index (κ1) is 16.5. The van der Waals surface area contributed by atoms with Crippen molar-refractivity contribution < 1.29 is 14.3 Å². The Labute approximate surface area is 141 Å². The molecule has 0 aliphatic carbocycles. The summed E-state index contributed by atoms with van der Waals surface area (Å²) in [6, 6.07) is 12.2. The van der Waals surface area contributed by atoms with Gasteiger partial charge in [0.25, 0.3) is 0 Å². The highest BCUT2D eigenvalue weighted by atomic mass is 79.9. The minimum absolute atomic E-state index is 0.184. The van der Waals surface area contributed by atoms with Crippen LogP contribution in [-0.2, 0) is 16.0 Å². The summed E-state index contributed by atoms with van der Waals surface area (Å²) >= 11 is 9.30. The maximum Gasteiger partial charge on any atom is 0.339 e. The van der Waals surface area contributed by atoms with Gasteiger partial charge < -0.3 is 10.1 Å². The first-order valence-electron chi connectivity index (χ1n) is 6.42. The lowest BCUT2D eigenvalue weighted by Crippen LogP contribution is -2.15. The molecule has 0 saturated heterocycles. The van der Waals surface area contributed by atoms with Crippen molar-refractivity contribution in [3.63, 3.8) is 0 Å². The van der Waals surface area contributed by atoms with Crippen molar-refractivity contribution in [3.8, 4) is 0 Å². The van der Waals surface area contributed by atoms with Gasteiger partial charge in [-0.05, 0) is 35.9 Å². The molecule has 0 atom stereocenters. The van der Waals surface area contributed by atoms with Crippen LogP contribution in [0.4, 0.5) is 5.69 Å². The van der Waals surface area contributed by atoms with Gasteiger partial charge in [-0.2, -0.15) is 0 Å². The lowest BCUT2D eigenvalue weighted by Gasteiger charge is -2.08. The van der Waals surface area contributed by atoms with E-state index >= 15 is 0 Å². The monoisotopic (exact) mass is 381 g/mol. The van der Waals surface area contributed by atoms with Crippen molar-refractivity contribution in [2.45, 2.75) is 6.42 Å². The number of hydrogen-bond acceptors (Lipinski definition) is 3. The summed E-state index contributed by atoms with van der Waals surface area (Å²) in [5.41, 5.74) is 1.59. The highest BCUT2D eigenvalue weighted by molar-refractivity contribution is 9.10. The van der Waals surface area contributed by atoms with Crippen LogP contribution in [0.25, 0.3) is 0 Å². The molecule has 0 fully saturated rings. The van der Waals surface area contributed by atoms with Crippen LogP contribution in [0.3, 0.4) is 0 Å². The van der Waals surface area contributed by atoms with Gasteiger partial charge >= 0.3 is 5.97 Å². The molecule has 0 aliphatic heterocycles. The van der Waals surface area contributed by atoms with Crippen molar-refractivity contribution >= 4 is 45.1 Å². The van der Waals surface area contributed by atoms with Gasteiger partial charge in [-0.15, -0.1) is 0 Å². The molecule has 1 N–H and O–H groups in total. The van der Waals surface area contributed by atoms with E-state index in [4.69, 9.17) is 11.6 Å².